The first-order valence-corrected chi connectivity index (χ1v) is 7.82. The molecule has 3 rings (SSSR count). The minimum Gasteiger partial charge on any atom is -0.315 e. The van der Waals surface area contributed by atoms with Crippen molar-refractivity contribution in [1.29, 1.82) is 0 Å². The number of hydrogen-bond acceptors (Lipinski definition) is 3. The Kier molecular flexibility index (Phi) is 3.79. The summed E-state index contributed by atoms with van der Waals surface area (Å²) in [5.41, 5.74) is 1.63. The van der Waals surface area contributed by atoms with Crippen LogP contribution < -0.4 is 10.6 Å². The highest BCUT2D eigenvalue weighted by Crippen LogP contribution is 2.34. The lowest BCUT2D eigenvalue weighted by Gasteiger charge is -2.23. The van der Waals surface area contributed by atoms with Gasteiger partial charge in [0.15, 0.2) is 0 Å². The van der Waals surface area contributed by atoms with Crippen LogP contribution in [0.5, 0.6) is 0 Å². The molecule has 1 heterocycles. The highest BCUT2D eigenvalue weighted by molar-refractivity contribution is 7.10. The molecule has 1 aromatic rings. The lowest BCUT2D eigenvalue weighted by molar-refractivity contribution is 0.504. The van der Waals surface area contributed by atoms with Crippen molar-refractivity contribution in [3.8, 4) is 0 Å². The molecular weight excluding hydrogens is 228 g/mol. The first kappa shape index (κ1) is 11.7. The largest absolute Gasteiger partial charge is 0.315 e. The molecule has 0 aromatic carbocycles. The summed E-state index contributed by atoms with van der Waals surface area (Å²) in [5, 5.41) is 9.42. The van der Waals surface area contributed by atoms with Crippen LogP contribution in [0.4, 0.5) is 0 Å². The molecule has 2 aliphatic rings. The summed E-state index contributed by atoms with van der Waals surface area (Å²) in [5.74, 6) is 0.769. The highest BCUT2D eigenvalue weighted by atomic mass is 32.1. The molecule has 1 unspecified atom stereocenters. The summed E-state index contributed by atoms with van der Waals surface area (Å²) in [6.45, 7) is 3.41. The minimum absolute atomic E-state index is 0.769. The maximum Gasteiger partial charge on any atom is 0.00805 e. The Morgan fingerprint density at radius 3 is 3.06 bits per heavy atom. The zero-order chi connectivity index (χ0) is 11.5. The SMILES string of the molecule is c1cc2c(s1)CCCC2CNCCNC1CC1. The average Bonchev–Trinajstić information content (AvgIpc) is 3.04. The van der Waals surface area contributed by atoms with Crippen molar-refractivity contribution in [1.82, 2.24) is 10.6 Å². The summed E-state index contributed by atoms with van der Waals surface area (Å²) in [4.78, 5) is 1.64. The normalized spacial score (nSPS) is 23.6. The van der Waals surface area contributed by atoms with E-state index in [9.17, 15) is 0 Å². The van der Waals surface area contributed by atoms with Crippen molar-refractivity contribution >= 4 is 11.3 Å². The molecule has 0 radical (unpaired) electrons. The van der Waals surface area contributed by atoms with Crippen LogP contribution in [0.25, 0.3) is 0 Å². The third-order valence-electron chi connectivity index (χ3n) is 3.88. The predicted molar refractivity (Wildman–Crippen MR) is 73.9 cm³/mol. The standard InChI is InChI=1S/C14H22N2S/c1-2-11(13-6-9-17-14(13)3-1)10-15-7-8-16-12-4-5-12/h6,9,11-12,15-16H,1-5,7-8,10H2. The Morgan fingerprint density at radius 2 is 2.18 bits per heavy atom. The second kappa shape index (κ2) is 5.51. The monoisotopic (exact) mass is 250 g/mol. The Morgan fingerprint density at radius 1 is 1.24 bits per heavy atom. The molecule has 1 aromatic heterocycles. The Hall–Kier alpha value is -0.380. The fraction of sp³-hybridized carbons (Fsp3) is 0.714. The van der Waals surface area contributed by atoms with Crippen molar-refractivity contribution in [3.63, 3.8) is 0 Å². The van der Waals surface area contributed by atoms with Gasteiger partial charge in [-0.25, -0.2) is 0 Å². The summed E-state index contributed by atoms with van der Waals surface area (Å²) in [7, 11) is 0. The van der Waals surface area contributed by atoms with Crippen LogP contribution in [0.2, 0.25) is 0 Å². The van der Waals surface area contributed by atoms with Gasteiger partial charge in [-0.05, 0) is 55.0 Å². The fourth-order valence-corrected chi connectivity index (χ4v) is 3.73. The van der Waals surface area contributed by atoms with Gasteiger partial charge >= 0.3 is 0 Å². The molecule has 17 heavy (non-hydrogen) atoms. The first-order chi connectivity index (χ1) is 8.43. The van der Waals surface area contributed by atoms with E-state index in [2.05, 4.69) is 22.1 Å². The molecule has 1 saturated carbocycles. The molecule has 3 heteroatoms. The maximum atomic E-state index is 3.61. The molecule has 2 nitrogen and oxygen atoms in total. The number of thiophene rings is 1. The second-order valence-electron chi connectivity index (χ2n) is 5.32. The average molecular weight is 250 g/mol. The molecule has 2 aliphatic carbocycles. The zero-order valence-corrected chi connectivity index (χ0v) is 11.2. The van der Waals surface area contributed by atoms with Gasteiger partial charge in [-0.2, -0.15) is 0 Å². The molecule has 1 fully saturated rings. The van der Waals surface area contributed by atoms with Crippen LogP contribution in [0.15, 0.2) is 11.4 Å². The number of nitrogens with one attached hydrogen (secondary N) is 2. The highest BCUT2D eigenvalue weighted by Gasteiger charge is 2.21. The summed E-state index contributed by atoms with van der Waals surface area (Å²) >= 11 is 1.94. The van der Waals surface area contributed by atoms with Gasteiger partial charge in [0.2, 0.25) is 0 Å². The van der Waals surface area contributed by atoms with Crippen LogP contribution in [-0.2, 0) is 6.42 Å². The zero-order valence-electron chi connectivity index (χ0n) is 10.4. The van der Waals surface area contributed by atoms with Crippen molar-refractivity contribution < 1.29 is 0 Å². The maximum absolute atomic E-state index is 3.61. The van der Waals surface area contributed by atoms with E-state index in [-0.39, 0.29) is 0 Å². The second-order valence-corrected chi connectivity index (χ2v) is 6.32. The van der Waals surface area contributed by atoms with Crippen molar-refractivity contribution in [3.05, 3.63) is 21.9 Å². The van der Waals surface area contributed by atoms with Gasteiger partial charge < -0.3 is 10.6 Å². The lowest BCUT2D eigenvalue weighted by atomic mass is 9.88. The van der Waals surface area contributed by atoms with E-state index < -0.39 is 0 Å². The van der Waals surface area contributed by atoms with Gasteiger partial charge in [-0.3, -0.25) is 0 Å². The molecule has 94 valence electrons. The van der Waals surface area contributed by atoms with Crippen molar-refractivity contribution in [2.45, 2.75) is 44.1 Å². The van der Waals surface area contributed by atoms with Gasteiger partial charge in [0.05, 0.1) is 0 Å². The quantitative estimate of drug-likeness (QED) is 0.758. The van der Waals surface area contributed by atoms with E-state index in [1.807, 2.05) is 11.3 Å². The smallest absolute Gasteiger partial charge is 0.00805 e. The number of rotatable bonds is 6. The molecule has 0 aliphatic heterocycles. The first-order valence-electron chi connectivity index (χ1n) is 6.94. The van der Waals surface area contributed by atoms with Crippen LogP contribution in [0.1, 0.15) is 42.0 Å². The van der Waals surface area contributed by atoms with E-state index in [1.54, 1.807) is 10.4 Å². The summed E-state index contributed by atoms with van der Waals surface area (Å²) in [6.07, 6.45) is 6.83. The molecule has 0 spiro atoms. The van der Waals surface area contributed by atoms with E-state index in [4.69, 9.17) is 0 Å². The number of hydrogen-bond donors (Lipinski definition) is 2. The predicted octanol–water partition coefficient (Wildman–Crippen LogP) is 2.51. The van der Waals surface area contributed by atoms with Crippen LogP contribution in [0, 0.1) is 0 Å². The third kappa shape index (κ3) is 3.09. The molecule has 1 atom stereocenters. The van der Waals surface area contributed by atoms with Crippen molar-refractivity contribution in [2.75, 3.05) is 19.6 Å². The minimum atomic E-state index is 0.769. The number of fused-ring (bicyclic) bond motifs is 1. The van der Waals surface area contributed by atoms with E-state index in [0.29, 0.717) is 0 Å². The Balaban J connectivity index is 1.40. The molecular formula is C14H22N2S. The van der Waals surface area contributed by atoms with Gasteiger partial charge in [-0.15, -0.1) is 11.3 Å². The third-order valence-corrected chi connectivity index (χ3v) is 4.88. The summed E-state index contributed by atoms with van der Waals surface area (Å²) < 4.78 is 0. The fourth-order valence-electron chi connectivity index (χ4n) is 2.72. The Labute approximate surface area is 108 Å². The number of aryl methyl sites for hydroxylation is 1. The van der Waals surface area contributed by atoms with Gasteiger partial charge in [0.25, 0.3) is 0 Å². The molecule has 0 amide bonds. The van der Waals surface area contributed by atoms with Crippen LogP contribution in [0.3, 0.4) is 0 Å². The molecule has 0 saturated heterocycles. The van der Waals surface area contributed by atoms with Crippen molar-refractivity contribution in [2.24, 2.45) is 0 Å². The Bertz CT molecular complexity index is 357. The topological polar surface area (TPSA) is 24.1 Å². The molecule has 2 N–H and O–H groups in total. The summed E-state index contributed by atoms with van der Waals surface area (Å²) in [6, 6.07) is 3.18. The molecule has 0 bridgehead atoms. The van der Waals surface area contributed by atoms with Gasteiger partial charge in [0.1, 0.15) is 0 Å². The lowest BCUT2D eigenvalue weighted by Crippen LogP contribution is -2.31. The van der Waals surface area contributed by atoms with Gasteiger partial charge in [0, 0.05) is 30.6 Å². The van der Waals surface area contributed by atoms with E-state index in [0.717, 1.165) is 31.6 Å². The van der Waals surface area contributed by atoms with E-state index in [1.165, 1.54) is 32.1 Å². The van der Waals surface area contributed by atoms with Crippen LogP contribution >= 0.6 is 11.3 Å². The van der Waals surface area contributed by atoms with Crippen LogP contribution in [-0.4, -0.2) is 25.7 Å². The van der Waals surface area contributed by atoms with Gasteiger partial charge in [-0.1, -0.05) is 0 Å². The van der Waals surface area contributed by atoms with E-state index >= 15 is 0 Å².